The molecular formula is C18H26N2O4S. The maximum Gasteiger partial charge on any atom is 0.341 e. The maximum absolute atomic E-state index is 12.9. The summed E-state index contributed by atoms with van der Waals surface area (Å²) in [5, 5.41) is 3.17. The lowest BCUT2D eigenvalue weighted by Gasteiger charge is -2.26. The zero-order valence-corrected chi connectivity index (χ0v) is 16.1. The van der Waals surface area contributed by atoms with Gasteiger partial charge in [-0.1, -0.05) is 13.8 Å². The number of amides is 2. The summed E-state index contributed by atoms with van der Waals surface area (Å²) in [6.07, 6.45) is 3.13. The molecule has 0 aromatic carbocycles. The number of esters is 1. The van der Waals surface area contributed by atoms with E-state index < -0.39 is 5.97 Å². The van der Waals surface area contributed by atoms with Gasteiger partial charge in [0, 0.05) is 19.0 Å². The van der Waals surface area contributed by atoms with E-state index in [1.165, 1.54) is 0 Å². The molecule has 25 heavy (non-hydrogen) atoms. The van der Waals surface area contributed by atoms with E-state index in [1.807, 2.05) is 4.90 Å². The van der Waals surface area contributed by atoms with Crippen LogP contribution in [0.15, 0.2) is 0 Å². The predicted molar refractivity (Wildman–Crippen MR) is 98.2 cm³/mol. The molecule has 1 aliphatic rings. The fourth-order valence-electron chi connectivity index (χ4n) is 2.75. The number of nitrogens with zero attached hydrogens (tertiary/aromatic N) is 1. The molecule has 2 amide bonds. The van der Waals surface area contributed by atoms with Crippen LogP contribution >= 0.6 is 11.3 Å². The van der Waals surface area contributed by atoms with Gasteiger partial charge in [0.1, 0.15) is 5.00 Å². The van der Waals surface area contributed by atoms with Gasteiger partial charge in [-0.2, -0.15) is 0 Å². The number of likely N-dealkylation sites (tertiary alicyclic amines) is 1. The Morgan fingerprint density at radius 2 is 1.84 bits per heavy atom. The van der Waals surface area contributed by atoms with Crippen molar-refractivity contribution in [1.82, 2.24) is 4.90 Å². The standard InChI is InChI=1S/C18H26N2O4S/c1-5-24-18(23)13-12(4)14(17(22)20-9-7-6-8-10-20)25-16(13)19-15(21)11(2)3/h11H,5-10H2,1-4H3,(H,19,21). The van der Waals surface area contributed by atoms with Gasteiger partial charge in [-0.25, -0.2) is 4.79 Å². The van der Waals surface area contributed by atoms with Crippen LogP contribution in [0.1, 0.15) is 65.6 Å². The third-order valence-corrected chi connectivity index (χ3v) is 5.42. The van der Waals surface area contributed by atoms with Crippen LogP contribution in [0.3, 0.4) is 0 Å². The summed E-state index contributed by atoms with van der Waals surface area (Å²) in [5.74, 6) is -0.992. The van der Waals surface area contributed by atoms with Gasteiger partial charge >= 0.3 is 5.97 Å². The number of anilines is 1. The summed E-state index contributed by atoms with van der Waals surface area (Å²) >= 11 is 1.16. The van der Waals surface area contributed by atoms with Crippen molar-refractivity contribution in [2.75, 3.05) is 25.0 Å². The molecule has 0 bridgehead atoms. The minimum absolute atomic E-state index is 0.0715. The molecule has 1 aromatic heterocycles. The first kappa shape index (κ1) is 19.4. The molecule has 0 unspecified atom stereocenters. The molecule has 1 saturated heterocycles. The van der Waals surface area contributed by atoms with Crippen molar-refractivity contribution in [2.45, 2.75) is 47.0 Å². The minimum Gasteiger partial charge on any atom is -0.462 e. The zero-order valence-electron chi connectivity index (χ0n) is 15.3. The first-order chi connectivity index (χ1) is 11.9. The van der Waals surface area contributed by atoms with Gasteiger partial charge in [-0.3, -0.25) is 9.59 Å². The number of ether oxygens (including phenoxy) is 1. The number of hydrogen-bond acceptors (Lipinski definition) is 5. The molecular weight excluding hydrogens is 340 g/mol. The fourth-order valence-corrected chi connectivity index (χ4v) is 3.92. The van der Waals surface area contributed by atoms with E-state index in [1.54, 1.807) is 27.7 Å². The number of thiophene rings is 1. The number of rotatable bonds is 5. The summed E-state index contributed by atoms with van der Waals surface area (Å²) in [6, 6.07) is 0. The smallest absolute Gasteiger partial charge is 0.341 e. The van der Waals surface area contributed by atoms with Crippen LogP contribution in [0, 0.1) is 12.8 Å². The summed E-state index contributed by atoms with van der Waals surface area (Å²) in [7, 11) is 0. The van der Waals surface area contributed by atoms with Crippen LogP contribution < -0.4 is 5.32 Å². The third kappa shape index (κ3) is 4.39. The van der Waals surface area contributed by atoms with Gasteiger partial charge < -0.3 is 15.0 Å². The molecule has 7 heteroatoms. The number of piperidine rings is 1. The summed E-state index contributed by atoms with van der Waals surface area (Å²) in [5.41, 5.74) is 0.874. The van der Waals surface area contributed by atoms with E-state index in [4.69, 9.17) is 4.74 Å². The van der Waals surface area contributed by atoms with Gasteiger partial charge in [0.15, 0.2) is 0 Å². The van der Waals surface area contributed by atoms with Gasteiger partial charge in [0.05, 0.1) is 17.0 Å². The quantitative estimate of drug-likeness (QED) is 0.810. The van der Waals surface area contributed by atoms with Gasteiger partial charge in [-0.15, -0.1) is 11.3 Å². The van der Waals surface area contributed by atoms with Crippen molar-refractivity contribution < 1.29 is 19.1 Å². The van der Waals surface area contributed by atoms with Gasteiger partial charge in [-0.05, 0) is 38.7 Å². The Labute approximate surface area is 152 Å². The van der Waals surface area contributed by atoms with Crippen molar-refractivity contribution in [3.05, 3.63) is 16.0 Å². The highest BCUT2D eigenvalue weighted by Gasteiger charge is 2.29. The molecule has 0 saturated carbocycles. The van der Waals surface area contributed by atoms with Crippen molar-refractivity contribution in [3.63, 3.8) is 0 Å². The molecule has 6 nitrogen and oxygen atoms in total. The highest BCUT2D eigenvalue weighted by atomic mass is 32.1. The van der Waals surface area contributed by atoms with Crippen LogP contribution in [-0.4, -0.2) is 42.4 Å². The Hall–Kier alpha value is -1.89. The average molecular weight is 366 g/mol. The summed E-state index contributed by atoms with van der Waals surface area (Å²) in [6.45, 7) is 8.73. The molecule has 2 heterocycles. The number of carbonyl (C=O) groups excluding carboxylic acids is 3. The van der Waals surface area contributed by atoms with Crippen molar-refractivity contribution in [2.24, 2.45) is 5.92 Å². The SMILES string of the molecule is CCOC(=O)c1c(NC(=O)C(C)C)sc(C(=O)N2CCCCC2)c1C. The molecule has 1 aromatic rings. The molecule has 1 N–H and O–H groups in total. The Balaban J connectivity index is 2.38. The topological polar surface area (TPSA) is 75.7 Å². The maximum atomic E-state index is 12.9. The lowest BCUT2D eigenvalue weighted by molar-refractivity contribution is -0.118. The van der Waals surface area contributed by atoms with Crippen LogP contribution in [0.4, 0.5) is 5.00 Å². The van der Waals surface area contributed by atoms with E-state index >= 15 is 0 Å². The normalized spacial score (nSPS) is 14.5. The first-order valence-electron chi connectivity index (χ1n) is 8.77. The fraction of sp³-hybridized carbons (Fsp3) is 0.611. The lowest BCUT2D eigenvalue weighted by Crippen LogP contribution is -2.35. The second-order valence-electron chi connectivity index (χ2n) is 6.48. The molecule has 0 spiro atoms. The number of nitrogens with one attached hydrogen (secondary N) is 1. The van der Waals surface area contributed by atoms with Crippen molar-refractivity contribution >= 4 is 34.1 Å². The van der Waals surface area contributed by atoms with Crippen molar-refractivity contribution in [3.8, 4) is 0 Å². The third-order valence-electron chi connectivity index (χ3n) is 4.22. The molecule has 0 radical (unpaired) electrons. The molecule has 1 fully saturated rings. The minimum atomic E-state index is -0.506. The summed E-state index contributed by atoms with van der Waals surface area (Å²) in [4.78, 5) is 39.6. The second kappa shape index (κ2) is 8.47. The molecule has 138 valence electrons. The Bertz CT molecular complexity index is 660. The molecule has 1 aliphatic heterocycles. The van der Waals surface area contributed by atoms with Crippen LogP contribution in [0.2, 0.25) is 0 Å². The lowest BCUT2D eigenvalue weighted by atomic mass is 10.1. The Morgan fingerprint density at radius 3 is 2.40 bits per heavy atom. The molecule has 0 aliphatic carbocycles. The molecule has 2 rings (SSSR count). The second-order valence-corrected chi connectivity index (χ2v) is 7.50. The Morgan fingerprint density at radius 1 is 1.20 bits per heavy atom. The van der Waals surface area contributed by atoms with Gasteiger partial charge in [0.25, 0.3) is 5.91 Å². The summed E-state index contributed by atoms with van der Waals surface area (Å²) < 4.78 is 5.12. The highest BCUT2D eigenvalue weighted by Crippen LogP contribution is 2.35. The van der Waals surface area contributed by atoms with E-state index in [0.717, 1.165) is 43.7 Å². The van der Waals surface area contributed by atoms with E-state index in [2.05, 4.69) is 5.32 Å². The monoisotopic (exact) mass is 366 g/mol. The van der Waals surface area contributed by atoms with Crippen molar-refractivity contribution in [1.29, 1.82) is 0 Å². The Kier molecular flexibility index (Phi) is 6.58. The van der Waals surface area contributed by atoms with Crippen LogP contribution in [0.5, 0.6) is 0 Å². The van der Waals surface area contributed by atoms with E-state index in [0.29, 0.717) is 21.0 Å². The number of carbonyl (C=O) groups is 3. The number of hydrogen-bond donors (Lipinski definition) is 1. The average Bonchev–Trinajstić information content (AvgIpc) is 2.91. The van der Waals surface area contributed by atoms with Gasteiger partial charge in [0.2, 0.25) is 5.91 Å². The van der Waals surface area contributed by atoms with E-state index in [9.17, 15) is 14.4 Å². The zero-order chi connectivity index (χ0) is 18.6. The highest BCUT2D eigenvalue weighted by molar-refractivity contribution is 7.18. The predicted octanol–water partition coefficient (Wildman–Crippen LogP) is 3.45. The van der Waals surface area contributed by atoms with Crippen LogP contribution in [0.25, 0.3) is 0 Å². The van der Waals surface area contributed by atoms with Crippen LogP contribution in [-0.2, 0) is 9.53 Å². The largest absolute Gasteiger partial charge is 0.462 e. The first-order valence-corrected chi connectivity index (χ1v) is 9.59. The molecule has 0 atom stereocenters. The van der Waals surface area contributed by atoms with E-state index in [-0.39, 0.29) is 24.3 Å².